The molecule has 7 heteroatoms. The molecule has 0 unspecified atom stereocenters. The van der Waals surface area contributed by atoms with Gasteiger partial charge in [-0.2, -0.15) is 0 Å². The van der Waals surface area contributed by atoms with Gasteiger partial charge < -0.3 is 19.3 Å². The molecular weight excluding hydrogens is 280 g/mol. The van der Waals surface area contributed by atoms with Gasteiger partial charge in [-0.1, -0.05) is 6.08 Å². The second-order valence-corrected chi connectivity index (χ2v) is 4.48. The van der Waals surface area contributed by atoms with Crippen LogP contribution in [-0.4, -0.2) is 47.9 Å². The Hall–Kier alpha value is -2.15. The van der Waals surface area contributed by atoms with Gasteiger partial charge >= 0.3 is 17.9 Å². The molecule has 0 saturated heterocycles. The van der Waals surface area contributed by atoms with Gasteiger partial charge in [-0.25, -0.2) is 14.4 Å². The Labute approximate surface area is 122 Å². The lowest BCUT2D eigenvalue weighted by Gasteiger charge is -2.27. The topological polar surface area (TPSA) is 99.1 Å². The van der Waals surface area contributed by atoms with E-state index in [0.717, 1.165) is 6.08 Å². The highest BCUT2D eigenvalue weighted by Crippen LogP contribution is 2.15. The number of carbonyl (C=O) groups is 3. The van der Waals surface area contributed by atoms with Crippen LogP contribution in [0.5, 0.6) is 0 Å². The van der Waals surface area contributed by atoms with E-state index in [9.17, 15) is 14.4 Å². The second-order valence-electron chi connectivity index (χ2n) is 4.48. The maximum Gasteiger partial charge on any atom is 0.334 e. The summed E-state index contributed by atoms with van der Waals surface area (Å²) in [6.45, 7) is 4.22. The zero-order valence-corrected chi connectivity index (χ0v) is 12.1. The fourth-order valence-electron chi connectivity index (χ4n) is 1.42. The minimum atomic E-state index is -1.29. The van der Waals surface area contributed by atoms with Gasteiger partial charge in [0.1, 0.15) is 12.7 Å². The second kappa shape index (κ2) is 7.58. The highest BCUT2D eigenvalue weighted by atomic mass is 16.6. The van der Waals surface area contributed by atoms with Gasteiger partial charge in [0.15, 0.2) is 12.2 Å². The van der Waals surface area contributed by atoms with Crippen LogP contribution < -0.4 is 0 Å². The molecule has 0 aliphatic carbocycles. The Kier molecular flexibility index (Phi) is 6.10. The van der Waals surface area contributed by atoms with Crippen molar-refractivity contribution in [3.05, 3.63) is 23.8 Å². The van der Waals surface area contributed by atoms with E-state index in [1.54, 1.807) is 19.9 Å². The van der Waals surface area contributed by atoms with Gasteiger partial charge in [0, 0.05) is 11.6 Å². The Morgan fingerprint density at radius 3 is 2.76 bits per heavy atom. The Balaban J connectivity index is 2.70. The lowest BCUT2D eigenvalue weighted by atomic mass is 10.1. The zero-order chi connectivity index (χ0) is 16.0. The number of ether oxygens (including phenoxy) is 3. The molecule has 7 nitrogen and oxygen atoms in total. The number of allylic oxidation sites excluding steroid dienone is 1. The monoisotopic (exact) mass is 298 g/mol. The largest absolute Gasteiger partial charge is 0.460 e. The van der Waals surface area contributed by atoms with E-state index in [1.165, 1.54) is 13.0 Å². The molecule has 1 aliphatic rings. The van der Waals surface area contributed by atoms with Crippen LogP contribution >= 0.6 is 0 Å². The minimum Gasteiger partial charge on any atom is -0.460 e. The number of aliphatic hydroxyl groups is 1. The van der Waals surface area contributed by atoms with E-state index in [2.05, 4.69) is 0 Å². The first-order valence-corrected chi connectivity index (χ1v) is 6.42. The van der Waals surface area contributed by atoms with Crippen molar-refractivity contribution >= 4 is 17.9 Å². The standard InChI is InChI=1S/C14H18O7/c1-4-8(2)13(17)21-10-5-6-12(16)20-11(10)7-19-14(18)9(3)15/h4-6,9-11,15H,7H2,1-3H3/b8-4+/t9-,10-,11-/m0/s1. The average Bonchev–Trinajstić information content (AvgIpc) is 2.45. The van der Waals surface area contributed by atoms with Crippen LogP contribution in [0.2, 0.25) is 0 Å². The summed E-state index contributed by atoms with van der Waals surface area (Å²) in [5.41, 5.74) is 0.403. The van der Waals surface area contributed by atoms with E-state index >= 15 is 0 Å². The Morgan fingerprint density at radius 2 is 2.19 bits per heavy atom. The summed E-state index contributed by atoms with van der Waals surface area (Å²) in [4.78, 5) is 34.1. The van der Waals surface area contributed by atoms with E-state index in [4.69, 9.17) is 19.3 Å². The molecule has 0 radical (unpaired) electrons. The predicted octanol–water partition coefficient (Wildman–Crippen LogP) is 0.270. The number of aliphatic hydroxyl groups excluding tert-OH is 1. The van der Waals surface area contributed by atoms with Crippen LogP contribution in [0.1, 0.15) is 20.8 Å². The number of cyclic esters (lactones) is 1. The van der Waals surface area contributed by atoms with Crippen LogP contribution in [0.15, 0.2) is 23.8 Å². The van der Waals surface area contributed by atoms with Crippen LogP contribution in [-0.2, 0) is 28.6 Å². The minimum absolute atomic E-state index is 0.313. The lowest BCUT2D eigenvalue weighted by Crippen LogP contribution is -2.41. The summed E-state index contributed by atoms with van der Waals surface area (Å²) < 4.78 is 14.9. The van der Waals surface area contributed by atoms with Gasteiger partial charge in [-0.15, -0.1) is 0 Å². The molecule has 116 valence electrons. The zero-order valence-electron chi connectivity index (χ0n) is 12.1. The van der Waals surface area contributed by atoms with Gasteiger partial charge in [0.2, 0.25) is 0 Å². The van der Waals surface area contributed by atoms with Crippen molar-refractivity contribution in [3.8, 4) is 0 Å². The molecule has 0 aromatic rings. The Bertz CT molecular complexity index is 476. The molecule has 0 amide bonds. The highest BCUT2D eigenvalue weighted by Gasteiger charge is 2.31. The van der Waals surface area contributed by atoms with Crippen molar-refractivity contribution in [2.45, 2.75) is 39.1 Å². The molecular formula is C14H18O7. The molecule has 0 aromatic heterocycles. The number of carbonyl (C=O) groups excluding carboxylic acids is 3. The van der Waals surface area contributed by atoms with Gasteiger partial charge in [0.05, 0.1) is 0 Å². The number of hydrogen-bond donors (Lipinski definition) is 1. The third-order valence-electron chi connectivity index (χ3n) is 2.79. The maximum atomic E-state index is 11.7. The van der Waals surface area contributed by atoms with Crippen molar-refractivity contribution < 1.29 is 33.7 Å². The smallest absolute Gasteiger partial charge is 0.334 e. The van der Waals surface area contributed by atoms with Crippen molar-refractivity contribution in [2.75, 3.05) is 6.61 Å². The summed E-state index contributed by atoms with van der Waals surface area (Å²) in [5.74, 6) is -2.03. The Morgan fingerprint density at radius 1 is 1.52 bits per heavy atom. The molecule has 0 bridgehead atoms. The normalized spacial score (nSPS) is 23.2. The fraction of sp³-hybridized carbons (Fsp3) is 0.500. The summed E-state index contributed by atoms with van der Waals surface area (Å²) >= 11 is 0. The first-order chi connectivity index (χ1) is 9.85. The quantitative estimate of drug-likeness (QED) is 0.442. The van der Waals surface area contributed by atoms with Gasteiger partial charge in [-0.05, 0) is 26.8 Å². The predicted molar refractivity (Wildman–Crippen MR) is 71.0 cm³/mol. The molecule has 0 saturated carbocycles. The molecule has 1 heterocycles. The van der Waals surface area contributed by atoms with Crippen molar-refractivity contribution in [3.63, 3.8) is 0 Å². The van der Waals surface area contributed by atoms with Crippen LogP contribution in [0.25, 0.3) is 0 Å². The summed E-state index contributed by atoms with van der Waals surface area (Å²) in [7, 11) is 0. The molecule has 0 aromatic carbocycles. The highest BCUT2D eigenvalue weighted by molar-refractivity contribution is 5.88. The third kappa shape index (κ3) is 5.03. The van der Waals surface area contributed by atoms with Gasteiger partial charge in [0.25, 0.3) is 0 Å². The first kappa shape index (κ1) is 16.9. The molecule has 3 atom stereocenters. The van der Waals surface area contributed by atoms with E-state index in [0.29, 0.717) is 5.57 Å². The summed E-state index contributed by atoms with van der Waals surface area (Å²) in [6.07, 6.45) is 1.00. The number of hydrogen-bond acceptors (Lipinski definition) is 7. The molecule has 0 fully saturated rings. The average molecular weight is 298 g/mol. The summed E-state index contributed by atoms with van der Waals surface area (Å²) in [6, 6.07) is 0. The number of esters is 3. The van der Waals surface area contributed by atoms with Crippen molar-refractivity contribution in [1.82, 2.24) is 0 Å². The van der Waals surface area contributed by atoms with Crippen molar-refractivity contribution in [1.29, 1.82) is 0 Å². The van der Waals surface area contributed by atoms with E-state index in [-0.39, 0.29) is 6.61 Å². The van der Waals surface area contributed by atoms with E-state index in [1.807, 2.05) is 0 Å². The van der Waals surface area contributed by atoms with E-state index < -0.39 is 36.2 Å². The molecule has 1 rings (SSSR count). The molecule has 21 heavy (non-hydrogen) atoms. The number of rotatable bonds is 5. The molecule has 0 spiro atoms. The molecule has 1 aliphatic heterocycles. The van der Waals surface area contributed by atoms with Gasteiger partial charge in [-0.3, -0.25) is 0 Å². The first-order valence-electron chi connectivity index (χ1n) is 6.42. The summed E-state index contributed by atoms with van der Waals surface area (Å²) in [5, 5.41) is 9.03. The van der Waals surface area contributed by atoms with Crippen LogP contribution in [0.3, 0.4) is 0 Å². The fourth-order valence-corrected chi connectivity index (χ4v) is 1.42. The molecule has 1 N–H and O–H groups in total. The van der Waals surface area contributed by atoms with Crippen LogP contribution in [0.4, 0.5) is 0 Å². The van der Waals surface area contributed by atoms with Crippen molar-refractivity contribution in [2.24, 2.45) is 0 Å². The van der Waals surface area contributed by atoms with Crippen LogP contribution in [0, 0.1) is 0 Å². The maximum absolute atomic E-state index is 11.7. The lowest BCUT2D eigenvalue weighted by molar-refractivity contribution is -0.172. The third-order valence-corrected chi connectivity index (χ3v) is 2.79. The SMILES string of the molecule is C/C=C(\C)C(=O)O[C@H]1C=CC(=O)O[C@H]1COC(=O)[C@H](C)O.